The summed E-state index contributed by atoms with van der Waals surface area (Å²) in [6.45, 7) is 7.41. The molecule has 0 spiro atoms. The summed E-state index contributed by atoms with van der Waals surface area (Å²) in [4.78, 5) is 0. The van der Waals surface area contributed by atoms with Crippen molar-refractivity contribution in [3.8, 4) is 0 Å². The van der Waals surface area contributed by atoms with Crippen LogP contribution in [0.1, 0.15) is 52.9 Å². The first-order valence-electron chi connectivity index (χ1n) is 5.57. The van der Waals surface area contributed by atoms with Gasteiger partial charge in [-0.05, 0) is 48.9 Å². The molecule has 0 aromatic rings. The van der Waals surface area contributed by atoms with Gasteiger partial charge in [0.15, 0.2) is 0 Å². The fourth-order valence-corrected chi connectivity index (χ4v) is 3.63. The van der Waals surface area contributed by atoms with Crippen molar-refractivity contribution < 1.29 is 0 Å². The van der Waals surface area contributed by atoms with Gasteiger partial charge >= 0.3 is 0 Å². The molecule has 0 heterocycles. The van der Waals surface area contributed by atoms with Crippen LogP contribution in [0, 0.1) is 23.2 Å². The van der Waals surface area contributed by atoms with E-state index >= 15 is 0 Å². The molecule has 0 aliphatic heterocycles. The van der Waals surface area contributed by atoms with Gasteiger partial charge in [0.2, 0.25) is 0 Å². The molecule has 3 rings (SSSR count). The van der Waals surface area contributed by atoms with Crippen LogP contribution < -0.4 is 0 Å². The zero-order valence-corrected chi connectivity index (χ0v) is 8.77. The highest BCUT2D eigenvalue weighted by atomic mass is 14.4. The quantitative estimate of drug-likeness (QED) is 0.512. The van der Waals surface area contributed by atoms with Crippen molar-refractivity contribution in [2.24, 2.45) is 23.2 Å². The molecule has 0 saturated heterocycles. The SMILES string of the molecule is CC1CC2CCC1CC(C)(C)C2. The van der Waals surface area contributed by atoms with Crippen molar-refractivity contribution in [3.63, 3.8) is 0 Å². The molecular formula is C12H22. The monoisotopic (exact) mass is 166 g/mol. The van der Waals surface area contributed by atoms with E-state index in [1.54, 1.807) is 0 Å². The largest absolute Gasteiger partial charge is 0.0622 e. The summed E-state index contributed by atoms with van der Waals surface area (Å²) in [5.41, 5.74) is 0.649. The first kappa shape index (κ1) is 8.59. The molecule has 12 heavy (non-hydrogen) atoms. The van der Waals surface area contributed by atoms with E-state index in [0.29, 0.717) is 5.41 Å². The van der Waals surface area contributed by atoms with E-state index in [4.69, 9.17) is 0 Å². The summed E-state index contributed by atoms with van der Waals surface area (Å²) in [6.07, 6.45) is 7.56. The maximum absolute atomic E-state index is 2.47. The third-order valence-corrected chi connectivity index (χ3v) is 4.11. The Bertz CT molecular complexity index is 169. The van der Waals surface area contributed by atoms with Gasteiger partial charge in [0.05, 0.1) is 0 Å². The number of hydrogen-bond donors (Lipinski definition) is 0. The molecule has 3 saturated carbocycles. The fraction of sp³-hybridized carbons (Fsp3) is 1.00. The van der Waals surface area contributed by atoms with Gasteiger partial charge in [0, 0.05) is 0 Å². The number of hydrogen-bond acceptors (Lipinski definition) is 0. The summed E-state index contributed by atoms with van der Waals surface area (Å²) in [7, 11) is 0. The van der Waals surface area contributed by atoms with Crippen molar-refractivity contribution in [1.29, 1.82) is 0 Å². The first-order valence-corrected chi connectivity index (χ1v) is 5.57. The normalized spacial score (nSPS) is 45.8. The van der Waals surface area contributed by atoms with Crippen LogP contribution in [0.15, 0.2) is 0 Å². The Hall–Kier alpha value is 0. The Morgan fingerprint density at radius 1 is 1.08 bits per heavy atom. The van der Waals surface area contributed by atoms with E-state index in [2.05, 4.69) is 20.8 Å². The minimum atomic E-state index is 0.649. The van der Waals surface area contributed by atoms with Gasteiger partial charge in [-0.15, -0.1) is 0 Å². The zero-order valence-electron chi connectivity index (χ0n) is 8.77. The maximum atomic E-state index is 2.47. The summed E-state index contributed by atoms with van der Waals surface area (Å²) in [5, 5.41) is 0. The molecule has 0 nitrogen and oxygen atoms in total. The van der Waals surface area contributed by atoms with E-state index in [9.17, 15) is 0 Å². The zero-order chi connectivity index (χ0) is 8.77. The first-order chi connectivity index (χ1) is 5.57. The second-order valence-electron chi connectivity index (χ2n) is 5.99. The average molecular weight is 166 g/mol. The van der Waals surface area contributed by atoms with Crippen molar-refractivity contribution >= 4 is 0 Å². The van der Waals surface area contributed by atoms with Gasteiger partial charge < -0.3 is 0 Å². The van der Waals surface area contributed by atoms with Crippen LogP contribution in [0.25, 0.3) is 0 Å². The second kappa shape index (κ2) is 2.75. The van der Waals surface area contributed by atoms with Gasteiger partial charge in [0.25, 0.3) is 0 Å². The van der Waals surface area contributed by atoms with Crippen LogP contribution in [-0.4, -0.2) is 0 Å². The van der Waals surface area contributed by atoms with Crippen LogP contribution in [0.2, 0.25) is 0 Å². The number of rotatable bonds is 0. The van der Waals surface area contributed by atoms with Crippen LogP contribution >= 0.6 is 0 Å². The third kappa shape index (κ3) is 1.53. The molecule has 0 aromatic carbocycles. The Morgan fingerprint density at radius 2 is 1.83 bits per heavy atom. The molecular weight excluding hydrogens is 144 g/mol. The van der Waals surface area contributed by atoms with E-state index < -0.39 is 0 Å². The molecule has 0 radical (unpaired) electrons. The van der Waals surface area contributed by atoms with E-state index in [-0.39, 0.29) is 0 Å². The Kier molecular flexibility index (Phi) is 1.97. The highest BCUT2D eigenvalue weighted by Crippen LogP contribution is 2.49. The Balaban J connectivity index is 2.16. The summed E-state index contributed by atoms with van der Waals surface area (Å²) in [6, 6.07) is 0. The van der Waals surface area contributed by atoms with Crippen LogP contribution in [-0.2, 0) is 0 Å². The van der Waals surface area contributed by atoms with E-state index in [1.807, 2.05) is 0 Å². The van der Waals surface area contributed by atoms with Gasteiger partial charge in [-0.25, -0.2) is 0 Å². The minimum Gasteiger partial charge on any atom is -0.0622 e. The fourth-order valence-electron chi connectivity index (χ4n) is 3.63. The lowest BCUT2D eigenvalue weighted by Gasteiger charge is -2.29. The Morgan fingerprint density at radius 3 is 2.50 bits per heavy atom. The highest BCUT2D eigenvalue weighted by Gasteiger charge is 2.38. The second-order valence-corrected chi connectivity index (χ2v) is 5.99. The van der Waals surface area contributed by atoms with Gasteiger partial charge in [-0.2, -0.15) is 0 Å². The summed E-state index contributed by atoms with van der Waals surface area (Å²) in [5.74, 6) is 3.14. The van der Waals surface area contributed by atoms with Crippen molar-refractivity contribution in [2.75, 3.05) is 0 Å². The molecule has 3 aliphatic carbocycles. The van der Waals surface area contributed by atoms with Crippen LogP contribution in [0.5, 0.6) is 0 Å². The molecule has 2 bridgehead atoms. The van der Waals surface area contributed by atoms with Crippen molar-refractivity contribution in [3.05, 3.63) is 0 Å². The predicted octanol–water partition coefficient (Wildman–Crippen LogP) is 3.86. The van der Waals surface area contributed by atoms with Gasteiger partial charge in [-0.3, -0.25) is 0 Å². The third-order valence-electron chi connectivity index (χ3n) is 4.11. The van der Waals surface area contributed by atoms with Crippen molar-refractivity contribution in [2.45, 2.75) is 52.9 Å². The summed E-state index contributed by atoms with van der Waals surface area (Å²) >= 11 is 0. The molecule has 3 fully saturated rings. The highest BCUT2D eigenvalue weighted by molar-refractivity contribution is 4.89. The molecule has 0 amide bonds. The molecule has 3 atom stereocenters. The summed E-state index contributed by atoms with van der Waals surface area (Å²) < 4.78 is 0. The van der Waals surface area contributed by atoms with Gasteiger partial charge in [0.1, 0.15) is 0 Å². The molecule has 70 valence electrons. The molecule has 3 aliphatic rings. The maximum Gasteiger partial charge on any atom is -0.0349 e. The predicted molar refractivity (Wildman–Crippen MR) is 53.0 cm³/mol. The van der Waals surface area contributed by atoms with E-state index in [0.717, 1.165) is 17.8 Å². The number of fused-ring (bicyclic) bond motifs is 4. The average Bonchev–Trinajstić information content (AvgIpc) is 2.12. The van der Waals surface area contributed by atoms with Crippen LogP contribution in [0.3, 0.4) is 0 Å². The lowest BCUT2D eigenvalue weighted by atomic mass is 9.76. The molecule has 0 heteroatoms. The van der Waals surface area contributed by atoms with Gasteiger partial charge in [-0.1, -0.05) is 27.2 Å². The van der Waals surface area contributed by atoms with E-state index in [1.165, 1.54) is 32.1 Å². The van der Waals surface area contributed by atoms with Crippen LogP contribution in [0.4, 0.5) is 0 Å². The molecule has 0 N–H and O–H groups in total. The van der Waals surface area contributed by atoms with Crippen molar-refractivity contribution in [1.82, 2.24) is 0 Å². The smallest absolute Gasteiger partial charge is 0.0349 e. The molecule has 0 aromatic heterocycles. The molecule has 3 unspecified atom stereocenters. The topological polar surface area (TPSA) is 0 Å². The standard InChI is InChI=1S/C12H22/c1-9-6-10-4-5-11(9)8-12(2,3)7-10/h9-11H,4-8H2,1-3H3. The minimum absolute atomic E-state index is 0.649. The Labute approximate surface area is 76.7 Å². The lowest BCUT2D eigenvalue weighted by Crippen LogP contribution is -2.19. The lowest BCUT2D eigenvalue weighted by molar-refractivity contribution is 0.215.